The highest BCUT2D eigenvalue weighted by atomic mass is 16.7. The van der Waals surface area contributed by atoms with Gasteiger partial charge >= 0.3 is 0 Å². The standard InChI is InChI=1S/C10H20O2/c1-4-5-6-9-7-11-10(2,3)12-8-9/h9H,4-8H2,1-3H3. The van der Waals surface area contributed by atoms with Crippen LogP contribution in [0.25, 0.3) is 0 Å². The van der Waals surface area contributed by atoms with Crippen molar-refractivity contribution in [3.63, 3.8) is 0 Å². The molecule has 0 N–H and O–H groups in total. The summed E-state index contributed by atoms with van der Waals surface area (Å²) in [6, 6.07) is 0. The Morgan fingerprint density at radius 3 is 2.33 bits per heavy atom. The molecule has 0 radical (unpaired) electrons. The van der Waals surface area contributed by atoms with E-state index in [2.05, 4.69) is 6.92 Å². The maximum atomic E-state index is 5.55. The fraction of sp³-hybridized carbons (Fsp3) is 1.00. The predicted molar refractivity (Wildman–Crippen MR) is 49.0 cm³/mol. The second kappa shape index (κ2) is 4.24. The van der Waals surface area contributed by atoms with Crippen molar-refractivity contribution in [2.75, 3.05) is 13.2 Å². The molecular weight excluding hydrogens is 152 g/mol. The maximum Gasteiger partial charge on any atom is 0.162 e. The minimum Gasteiger partial charge on any atom is -0.350 e. The zero-order valence-electron chi connectivity index (χ0n) is 8.43. The second-order valence-corrected chi connectivity index (χ2v) is 4.03. The fourth-order valence-corrected chi connectivity index (χ4v) is 1.39. The topological polar surface area (TPSA) is 18.5 Å². The van der Waals surface area contributed by atoms with Crippen LogP contribution in [-0.4, -0.2) is 19.0 Å². The third-order valence-corrected chi connectivity index (χ3v) is 2.30. The summed E-state index contributed by atoms with van der Waals surface area (Å²) < 4.78 is 11.1. The van der Waals surface area contributed by atoms with Gasteiger partial charge in [0.2, 0.25) is 0 Å². The van der Waals surface area contributed by atoms with E-state index in [1.807, 2.05) is 13.8 Å². The van der Waals surface area contributed by atoms with Crippen LogP contribution in [0.15, 0.2) is 0 Å². The van der Waals surface area contributed by atoms with Gasteiger partial charge in [-0.15, -0.1) is 0 Å². The molecule has 0 aromatic carbocycles. The van der Waals surface area contributed by atoms with Crippen LogP contribution in [0.2, 0.25) is 0 Å². The molecule has 0 aromatic rings. The number of hydrogen-bond acceptors (Lipinski definition) is 2. The Kier molecular flexibility index (Phi) is 3.53. The Morgan fingerprint density at radius 1 is 1.25 bits per heavy atom. The van der Waals surface area contributed by atoms with E-state index >= 15 is 0 Å². The molecule has 0 aliphatic carbocycles. The molecule has 2 nitrogen and oxygen atoms in total. The summed E-state index contributed by atoms with van der Waals surface area (Å²) in [5.74, 6) is 0.279. The first-order chi connectivity index (χ1) is 5.64. The monoisotopic (exact) mass is 172 g/mol. The summed E-state index contributed by atoms with van der Waals surface area (Å²) in [4.78, 5) is 0. The van der Waals surface area contributed by atoms with Gasteiger partial charge in [-0.3, -0.25) is 0 Å². The van der Waals surface area contributed by atoms with Gasteiger partial charge in [0.15, 0.2) is 5.79 Å². The van der Waals surface area contributed by atoms with Gasteiger partial charge in [0.05, 0.1) is 13.2 Å². The van der Waals surface area contributed by atoms with Gasteiger partial charge in [-0.1, -0.05) is 19.8 Å². The molecule has 1 heterocycles. The lowest BCUT2D eigenvalue weighted by atomic mass is 10.0. The number of rotatable bonds is 3. The molecular formula is C10H20O2. The Bertz CT molecular complexity index is 122. The molecule has 0 aromatic heterocycles. The van der Waals surface area contributed by atoms with Crippen LogP contribution in [0.4, 0.5) is 0 Å². The zero-order chi connectivity index (χ0) is 9.03. The first-order valence-corrected chi connectivity index (χ1v) is 4.92. The van der Waals surface area contributed by atoms with Crippen molar-refractivity contribution in [2.45, 2.75) is 45.8 Å². The number of ether oxygens (including phenoxy) is 2. The Hall–Kier alpha value is -0.0800. The van der Waals surface area contributed by atoms with Gasteiger partial charge in [-0.2, -0.15) is 0 Å². The third kappa shape index (κ3) is 3.11. The van der Waals surface area contributed by atoms with E-state index < -0.39 is 0 Å². The van der Waals surface area contributed by atoms with Crippen molar-refractivity contribution in [1.29, 1.82) is 0 Å². The Labute approximate surface area is 75.2 Å². The predicted octanol–water partition coefficient (Wildman–Crippen LogP) is 2.58. The lowest BCUT2D eigenvalue weighted by Crippen LogP contribution is -2.39. The summed E-state index contributed by atoms with van der Waals surface area (Å²) in [6.07, 6.45) is 3.80. The van der Waals surface area contributed by atoms with Crippen LogP contribution in [-0.2, 0) is 9.47 Å². The fourth-order valence-electron chi connectivity index (χ4n) is 1.39. The van der Waals surface area contributed by atoms with E-state index in [-0.39, 0.29) is 5.79 Å². The molecule has 1 rings (SSSR count). The zero-order valence-corrected chi connectivity index (χ0v) is 8.43. The number of hydrogen-bond donors (Lipinski definition) is 0. The van der Waals surface area contributed by atoms with Crippen LogP contribution in [0.5, 0.6) is 0 Å². The molecule has 1 saturated heterocycles. The molecule has 0 atom stereocenters. The molecule has 1 aliphatic rings. The van der Waals surface area contributed by atoms with Crippen LogP contribution in [0, 0.1) is 5.92 Å². The van der Waals surface area contributed by atoms with Crippen molar-refractivity contribution in [2.24, 2.45) is 5.92 Å². The van der Waals surface area contributed by atoms with Crippen LogP contribution in [0.3, 0.4) is 0 Å². The molecule has 2 heteroatoms. The highest BCUT2D eigenvalue weighted by Crippen LogP contribution is 2.23. The highest BCUT2D eigenvalue weighted by Gasteiger charge is 2.27. The third-order valence-electron chi connectivity index (χ3n) is 2.30. The quantitative estimate of drug-likeness (QED) is 0.651. The minimum absolute atomic E-state index is 0.345. The lowest BCUT2D eigenvalue weighted by Gasteiger charge is -2.34. The van der Waals surface area contributed by atoms with Gasteiger partial charge in [-0.25, -0.2) is 0 Å². The first-order valence-electron chi connectivity index (χ1n) is 4.92. The number of unbranched alkanes of at least 4 members (excludes halogenated alkanes) is 1. The normalized spacial score (nSPS) is 24.2. The van der Waals surface area contributed by atoms with E-state index in [1.54, 1.807) is 0 Å². The van der Waals surface area contributed by atoms with Crippen molar-refractivity contribution in [3.8, 4) is 0 Å². The molecule has 0 spiro atoms. The van der Waals surface area contributed by atoms with E-state index in [4.69, 9.17) is 9.47 Å². The van der Waals surface area contributed by atoms with E-state index in [0.29, 0.717) is 5.92 Å². The summed E-state index contributed by atoms with van der Waals surface area (Å²) in [5.41, 5.74) is 0. The van der Waals surface area contributed by atoms with E-state index in [1.165, 1.54) is 19.3 Å². The molecule has 1 aliphatic heterocycles. The van der Waals surface area contributed by atoms with Crippen molar-refractivity contribution < 1.29 is 9.47 Å². The molecule has 0 bridgehead atoms. The van der Waals surface area contributed by atoms with Gasteiger partial charge in [0, 0.05) is 5.92 Å². The summed E-state index contributed by atoms with van der Waals surface area (Å²) >= 11 is 0. The molecule has 0 saturated carbocycles. The molecule has 0 unspecified atom stereocenters. The maximum absolute atomic E-state index is 5.55. The minimum atomic E-state index is -0.345. The average Bonchev–Trinajstić information content (AvgIpc) is 2.03. The average molecular weight is 172 g/mol. The molecule has 1 fully saturated rings. The summed E-state index contributed by atoms with van der Waals surface area (Å²) in [6.45, 7) is 7.90. The lowest BCUT2D eigenvalue weighted by molar-refractivity contribution is -0.262. The van der Waals surface area contributed by atoms with Crippen LogP contribution in [0.1, 0.15) is 40.0 Å². The van der Waals surface area contributed by atoms with Gasteiger partial charge < -0.3 is 9.47 Å². The van der Waals surface area contributed by atoms with Crippen molar-refractivity contribution in [1.82, 2.24) is 0 Å². The van der Waals surface area contributed by atoms with Crippen LogP contribution < -0.4 is 0 Å². The summed E-state index contributed by atoms with van der Waals surface area (Å²) in [7, 11) is 0. The van der Waals surface area contributed by atoms with E-state index in [9.17, 15) is 0 Å². The Morgan fingerprint density at radius 2 is 1.83 bits per heavy atom. The SMILES string of the molecule is CCCCC1COC(C)(C)OC1. The molecule has 12 heavy (non-hydrogen) atoms. The second-order valence-electron chi connectivity index (χ2n) is 4.03. The van der Waals surface area contributed by atoms with Crippen molar-refractivity contribution in [3.05, 3.63) is 0 Å². The molecule has 0 amide bonds. The smallest absolute Gasteiger partial charge is 0.162 e. The van der Waals surface area contributed by atoms with Gasteiger partial charge in [0.25, 0.3) is 0 Å². The van der Waals surface area contributed by atoms with Gasteiger partial charge in [0.1, 0.15) is 0 Å². The Balaban J connectivity index is 2.18. The summed E-state index contributed by atoms with van der Waals surface area (Å²) in [5, 5.41) is 0. The van der Waals surface area contributed by atoms with Crippen molar-refractivity contribution >= 4 is 0 Å². The van der Waals surface area contributed by atoms with Crippen LogP contribution >= 0.6 is 0 Å². The first kappa shape index (κ1) is 10.0. The van der Waals surface area contributed by atoms with Gasteiger partial charge in [-0.05, 0) is 20.3 Å². The van der Waals surface area contributed by atoms with E-state index in [0.717, 1.165) is 13.2 Å². The largest absolute Gasteiger partial charge is 0.350 e. The highest BCUT2D eigenvalue weighted by molar-refractivity contribution is 4.67. The molecule has 72 valence electrons.